The van der Waals surface area contributed by atoms with Crippen LogP contribution in [0, 0.1) is 0 Å². The van der Waals surface area contributed by atoms with E-state index in [0.29, 0.717) is 16.1 Å². The first-order chi connectivity index (χ1) is 10.2. The van der Waals surface area contributed by atoms with Crippen molar-refractivity contribution in [1.29, 1.82) is 0 Å². The summed E-state index contributed by atoms with van der Waals surface area (Å²) >= 11 is 5.95. The molecule has 0 saturated heterocycles. The summed E-state index contributed by atoms with van der Waals surface area (Å²) in [5.74, 6) is 0. The first kappa shape index (κ1) is 16.8. The zero-order valence-corrected chi connectivity index (χ0v) is 12.8. The molecule has 0 radical (unpaired) electrons. The average Bonchev–Trinajstić information content (AvgIpc) is 2.45. The van der Waals surface area contributed by atoms with Gasteiger partial charge in [-0.3, -0.25) is 4.90 Å². The van der Waals surface area contributed by atoms with E-state index in [1.807, 2.05) is 0 Å². The highest BCUT2D eigenvalue weighted by Crippen LogP contribution is 2.35. The molecule has 0 saturated carbocycles. The van der Waals surface area contributed by atoms with Crippen molar-refractivity contribution in [2.45, 2.75) is 11.9 Å². The number of rotatable bonds is 3. The Hall–Kier alpha value is -1.56. The Labute approximate surface area is 131 Å². The van der Waals surface area contributed by atoms with Crippen molar-refractivity contribution in [1.82, 2.24) is 4.90 Å². The topological polar surface area (TPSA) is 23.5 Å². The van der Waals surface area contributed by atoms with Crippen LogP contribution in [0.1, 0.15) is 16.7 Å². The molecule has 1 atom stereocenters. The van der Waals surface area contributed by atoms with Crippen LogP contribution in [0.15, 0.2) is 48.5 Å². The van der Waals surface area contributed by atoms with Gasteiger partial charge in [0, 0.05) is 16.1 Å². The molecular formula is C16H15ClF3NO. The van der Waals surface area contributed by atoms with Crippen LogP contribution in [0.3, 0.4) is 0 Å². The second-order valence-electron chi connectivity index (χ2n) is 5.15. The van der Waals surface area contributed by atoms with Gasteiger partial charge >= 0.3 is 6.18 Å². The summed E-state index contributed by atoms with van der Waals surface area (Å²) in [6.07, 6.45) is -4.41. The van der Waals surface area contributed by atoms with Gasteiger partial charge in [-0.25, -0.2) is 0 Å². The minimum atomic E-state index is -4.41. The third-order valence-corrected chi connectivity index (χ3v) is 3.72. The van der Waals surface area contributed by atoms with E-state index in [0.717, 1.165) is 12.1 Å². The van der Waals surface area contributed by atoms with Crippen molar-refractivity contribution in [3.63, 3.8) is 0 Å². The number of hydrogen-bond acceptors (Lipinski definition) is 2. The Morgan fingerprint density at radius 1 is 0.909 bits per heavy atom. The van der Waals surface area contributed by atoms with Gasteiger partial charge in [-0.05, 0) is 38.4 Å². The molecule has 2 aromatic rings. The summed E-state index contributed by atoms with van der Waals surface area (Å²) in [5.41, 5.74) is -1.53. The van der Waals surface area contributed by atoms with Crippen LogP contribution in [-0.4, -0.2) is 24.1 Å². The van der Waals surface area contributed by atoms with E-state index in [1.165, 1.54) is 17.0 Å². The number of nitrogens with zero attached hydrogens (tertiary/aromatic N) is 1. The number of aliphatic hydroxyl groups is 1. The molecule has 1 N–H and O–H groups in total. The van der Waals surface area contributed by atoms with Crippen LogP contribution in [-0.2, 0) is 11.9 Å². The molecule has 0 fully saturated rings. The quantitative estimate of drug-likeness (QED) is 0.856. The zero-order valence-electron chi connectivity index (χ0n) is 12.0. The molecule has 0 bridgehead atoms. The van der Waals surface area contributed by atoms with Gasteiger partial charge in [-0.1, -0.05) is 35.9 Å². The number of halogens is 4. The van der Waals surface area contributed by atoms with Gasteiger partial charge in [0.1, 0.15) is 0 Å². The van der Waals surface area contributed by atoms with Crippen molar-refractivity contribution in [2.75, 3.05) is 14.1 Å². The fraction of sp³-hybridized carbons (Fsp3) is 0.250. The molecule has 2 rings (SSSR count). The van der Waals surface area contributed by atoms with Crippen molar-refractivity contribution in [2.24, 2.45) is 0 Å². The normalized spacial score (nSPS) is 14.9. The molecule has 0 aliphatic carbocycles. The maximum Gasteiger partial charge on any atom is 0.416 e. The number of hydrogen-bond donors (Lipinski definition) is 1. The van der Waals surface area contributed by atoms with Gasteiger partial charge in [0.15, 0.2) is 5.72 Å². The van der Waals surface area contributed by atoms with E-state index in [9.17, 15) is 18.3 Å². The van der Waals surface area contributed by atoms with Gasteiger partial charge < -0.3 is 5.11 Å². The third kappa shape index (κ3) is 3.11. The van der Waals surface area contributed by atoms with Crippen molar-refractivity contribution in [3.8, 4) is 0 Å². The minimum Gasteiger partial charge on any atom is -0.367 e. The van der Waals surface area contributed by atoms with Crippen molar-refractivity contribution >= 4 is 11.6 Å². The molecule has 0 heterocycles. The minimum absolute atomic E-state index is 0.327. The summed E-state index contributed by atoms with van der Waals surface area (Å²) in [5, 5.41) is 11.5. The average molecular weight is 330 g/mol. The molecule has 2 aromatic carbocycles. The van der Waals surface area contributed by atoms with Crippen LogP contribution in [0.25, 0.3) is 0 Å². The van der Waals surface area contributed by atoms with Gasteiger partial charge in [-0.15, -0.1) is 0 Å². The van der Waals surface area contributed by atoms with Crippen LogP contribution in [0.5, 0.6) is 0 Å². The molecule has 0 amide bonds. The lowest BCUT2D eigenvalue weighted by molar-refractivity contribution is -0.137. The molecule has 0 spiro atoms. The predicted molar refractivity (Wildman–Crippen MR) is 79.6 cm³/mol. The molecule has 0 aliphatic rings. The zero-order chi connectivity index (χ0) is 16.5. The third-order valence-electron chi connectivity index (χ3n) is 3.49. The SMILES string of the molecule is CN(C)C(O)(c1ccc(C(F)(F)F)cc1)c1cccc(Cl)c1. The molecule has 0 aliphatic heterocycles. The van der Waals surface area contributed by atoms with Gasteiger partial charge in [0.25, 0.3) is 0 Å². The van der Waals surface area contributed by atoms with Crippen molar-refractivity contribution < 1.29 is 18.3 Å². The first-order valence-corrected chi connectivity index (χ1v) is 6.87. The summed E-state index contributed by atoms with van der Waals surface area (Å²) < 4.78 is 38.0. The molecule has 118 valence electrons. The largest absolute Gasteiger partial charge is 0.416 e. The predicted octanol–water partition coefficient (Wildman–Crippen LogP) is 4.11. The second-order valence-corrected chi connectivity index (χ2v) is 5.59. The number of alkyl halides is 3. The molecule has 0 aromatic heterocycles. The highest BCUT2D eigenvalue weighted by atomic mass is 35.5. The smallest absolute Gasteiger partial charge is 0.367 e. The van der Waals surface area contributed by atoms with E-state index in [2.05, 4.69) is 0 Å². The molecular weight excluding hydrogens is 315 g/mol. The molecule has 22 heavy (non-hydrogen) atoms. The van der Waals surface area contributed by atoms with E-state index in [1.54, 1.807) is 38.4 Å². The van der Waals surface area contributed by atoms with E-state index >= 15 is 0 Å². The van der Waals surface area contributed by atoms with Gasteiger partial charge in [0.05, 0.1) is 5.56 Å². The van der Waals surface area contributed by atoms with Crippen LogP contribution in [0.4, 0.5) is 13.2 Å². The fourth-order valence-electron chi connectivity index (χ4n) is 2.28. The summed E-state index contributed by atoms with van der Waals surface area (Å²) in [6, 6.07) is 11.0. The van der Waals surface area contributed by atoms with Crippen LogP contribution in [0.2, 0.25) is 5.02 Å². The lowest BCUT2D eigenvalue weighted by Crippen LogP contribution is -2.42. The lowest BCUT2D eigenvalue weighted by atomic mass is 9.92. The van der Waals surface area contributed by atoms with Gasteiger partial charge in [0.2, 0.25) is 0 Å². The van der Waals surface area contributed by atoms with Gasteiger partial charge in [-0.2, -0.15) is 13.2 Å². The Morgan fingerprint density at radius 3 is 1.91 bits per heavy atom. The summed E-state index contributed by atoms with van der Waals surface area (Å²) in [6.45, 7) is 0. The monoisotopic (exact) mass is 329 g/mol. The Balaban J connectivity index is 2.53. The second kappa shape index (κ2) is 5.91. The standard InChI is InChI=1S/C16H15ClF3NO/c1-21(2)15(22,13-4-3-5-14(17)10-13)11-6-8-12(9-7-11)16(18,19)20/h3-10,22H,1-2H3. The van der Waals surface area contributed by atoms with E-state index in [4.69, 9.17) is 11.6 Å². The maximum absolute atomic E-state index is 12.7. The molecule has 6 heteroatoms. The Kier molecular flexibility index (Phi) is 4.52. The first-order valence-electron chi connectivity index (χ1n) is 6.49. The highest BCUT2D eigenvalue weighted by Gasteiger charge is 2.36. The summed E-state index contributed by atoms with van der Waals surface area (Å²) in [4.78, 5) is 1.52. The van der Waals surface area contributed by atoms with E-state index in [-0.39, 0.29) is 0 Å². The molecule has 1 unspecified atom stereocenters. The van der Waals surface area contributed by atoms with E-state index < -0.39 is 17.5 Å². The molecule has 2 nitrogen and oxygen atoms in total. The fourth-order valence-corrected chi connectivity index (χ4v) is 2.47. The highest BCUT2D eigenvalue weighted by molar-refractivity contribution is 6.30. The lowest BCUT2D eigenvalue weighted by Gasteiger charge is -2.36. The van der Waals surface area contributed by atoms with Crippen molar-refractivity contribution in [3.05, 3.63) is 70.2 Å². The van der Waals surface area contributed by atoms with Crippen LogP contribution >= 0.6 is 11.6 Å². The maximum atomic E-state index is 12.7. The summed E-state index contributed by atoms with van der Waals surface area (Å²) in [7, 11) is 3.27. The Morgan fingerprint density at radius 2 is 1.45 bits per heavy atom. The van der Waals surface area contributed by atoms with Crippen LogP contribution < -0.4 is 0 Å². The number of benzene rings is 2. The Bertz CT molecular complexity index is 655.